The third-order valence-corrected chi connectivity index (χ3v) is 24.8. The van der Waals surface area contributed by atoms with Crippen LogP contribution in [0.15, 0.2) is 20.5 Å². The quantitative estimate of drug-likeness (QED) is 0.141. The van der Waals surface area contributed by atoms with Crippen molar-refractivity contribution < 1.29 is 14.7 Å². The fourth-order valence-electron chi connectivity index (χ4n) is 21.3. The van der Waals surface area contributed by atoms with E-state index in [1.54, 1.807) is 52.0 Å². The van der Waals surface area contributed by atoms with E-state index in [4.69, 9.17) is 15.1 Å². The molecule has 18 atom stereocenters. The number of aliphatic hydroxyl groups excluding tert-OH is 1. The predicted molar refractivity (Wildman–Crippen MR) is 283 cm³/mol. The van der Waals surface area contributed by atoms with Gasteiger partial charge in [-0.3, -0.25) is 9.69 Å². The number of hydrogen-bond acceptors (Lipinski definition) is 9. The second-order valence-corrected chi connectivity index (χ2v) is 28.2. The van der Waals surface area contributed by atoms with E-state index in [2.05, 4.69) is 27.5 Å². The lowest BCUT2D eigenvalue weighted by atomic mass is 9.47. The normalized spacial score (nSPS) is 50.1. The lowest BCUT2D eigenvalue weighted by Gasteiger charge is -2.62. The Labute approximate surface area is 431 Å². The van der Waals surface area contributed by atoms with Gasteiger partial charge in [-0.2, -0.15) is 25.9 Å². The molecule has 0 saturated heterocycles. The Hall–Kier alpha value is -1.29. The number of Topliss-reactive ketones (excluding diaryl/α,β-unsaturated/α-hetero) is 1. The van der Waals surface area contributed by atoms with Crippen molar-refractivity contribution in [3.05, 3.63) is 0 Å². The summed E-state index contributed by atoms with van der Waals surface area (Å²) in [6, 6.07) is 3.23. The molecule has 12 fully saturated rings. The molecule has 0 radical (unpaired) electrons. The van der Waals surface area contributed by atoms with Crippen molar-refractivity contribution in [3.8, 4) is 0 Å². The molecule has 0 spiro atoms. The van der Waals surface area contributed by atoms with Crippen molar-refractivity contribution in [1.29, 1.82) is 0 Å². The highest BCUT2D eigenvalue weighted by Gasteiger charge is 2.57. The predicted octanol–water partition coefficient (Wildman–Crippen LogP) is 14.2. The van der Waals surface area contributed by atoms with Gasteiger partial charge in [-0.05, 0) is 244 Å². The zero-order valence-corrected chi connectivity index (χ0v) is 45.1. The van der Waals surface area contributed by atoms with Crippen LogP contribution in [0.4, 0.5) is 0 Å². The molecule has 0 heterocycles. The number of carbonyl (C=O) groups excluding carboxylic acids is 1. The van der Waals surface area contributed by atoms with E-state index in [9.17, 15) is 9.90 Å². The van der Waals surface area contributed by atoms with E-state index in [1.165, 1.54) is 122 Å². The van der Waals surface area contributed by atoms with Crippen molar-refractivity contribution in [2.24, 2.45) is 115 Å². The van der Waals surface area contributed by atoms with Crippen molar-refractivity contribution in [2.45, 2.75) is 274 Å². The van der Waals surface area contributed by atoms with Gasteiger partial charge in [0, 0.05) is 49.0 Å². The third kappa shape index (κ3) is 10.6. The molecule has 0 amide bonds. The Morgan fingerprint density at radius 2 is 1.13 bits per heavy atom. The van der Waals surface area contributed by atoms with Crippen LogP contribution in [-0.4, -0.2) is 77.8 Å². The lowest BCUT2D eigenvalue weighted by Crippen LogP contribution is -2.61. The SMILES string of the molecule is CN=NC1CCC2C(C1)C(=O)C1CC(N=NC3C(O)C(CONC4CCC(CCC5CCC(N(C6CCC(C)CC6)C6CCC7CCC8CCCC9CCC6C7C89)CC5)CC4)CC4CCCCC43)CCC12. The summed E-state index contributed by atoms with van der Waals surface area (Å²) < 4.78 is 0. The highest BCUT2D eigenvalue weighted by atomic mass is 16.6. The number of nitrogens with zero attached hydrogens (tertiary/aromatic N) is 5. The Morgan fingerprint density at radius 3 is 1.82 bits per heavy atom. The average Bonchev–Trinajstić information content (AvgIpc) is 3.68. The van der Waals surface area contributed by atoms with Crippen LogP contribution in [0.25, 0.3) is 0 Å². The first kappa shape index (κ1) is 50.5. The number of ketones is 1. The molecular weight excluding hydrogens is 877 g/mol. The number of aliphatic hydroxyl groups is 1. The molecule has 71 heavy (non-hydrogen) atoms. The molecule has 2 N–H and O–H groups in total. The van der Waals surface area contributed by atoms with Crippen molar-refractivity contribution in [3.63, 3.8) is 0 Å². The van der Waals surface area contributed by atoms with Gasteiger partial charge in [-0.15, -0.1) is 0 Å². The molecule has 12 aliphatic rings. The Balaban J connectivity index is 0.589. The molecule has 0 aliphatic heterocycles. The molecular formula is C62H102N6O3. The minimum atomic E-state index is -0.516. The van der Waals surface area contributed by atoms with Crippen LogP contribution in [0.5, 0.6) is 0 Å². The number of fused-ring (bicyclic) bond motifs is 4. The topological polar surface area (TPSA) is 111 Å². The number of rotatable bonds is 13. The van der Waals surface area contributed by atoms with Crippen LogP contribution in [0.1, 0.15) is 225 Å². The number of carbonyl (C=O) groups is 1. The van der Waals surface area contributed by atoms with E-state index in [0.717, 1.165) is 123 Å². The molecule has 0 aromatic carbocycles. The maximum Gasteiger partial charge on any atom is 0.139 e. The summed E-state index contributed by atoms with van der Waals surface area (Å²) in [5.41, 5.74) is 3.54. The summed E-state index contributed by atoms with van der Waals surface area (Å²) in [4.78, 5) is 23.5. The first-order valence-electron chi connectivity index (χ1n) is 31.9. The second-order valence-electron chi connectivity index (χ2n) is 28.2. The van der Waals surface area contributed by atoms with Crippen LogP contribution in [-0.2, 0) is 9.63 Å². The zero-order chi connectivity index (χ0) is 48.0. The summed E-state index contributed by atoms with van der Waals surface area (Å²) in [6.45, 7) is 3.09. The second kappa shape index (κ2) is 22.7. The Morgan fingerprint density at radius 1 is 0.549 bits per heavy atom. The van der Waals surface area contributed by atoms with Gasteiger partial charge in [-0.1, -0.05) is 58.3 Å². The van der Waals surface area contributed by atoms with Crippen LogP contribution < -0.4 is 5.48 Å². The summed E-state index contributed by atoms with van der Waals surface area (Å²) >= 11 is 0. The molecule has 9 nitrogen and oxygen atoms in total. The van der Waals surface area contributed by atoms with Crippen molar-refractivity contribution in [1.82, 2.24) is 10.4 Å². The minimum Gasteiger partial charge on any atom is -0.390 e. The van der Waals surface area contributed by atoms with Crippen molar-refractivity contribution >= 4 is 5.78 Å². The largest absolute Gasteiger partial charge is 0.390 e. The highest BCUT2D eigenvalue weighted by Crippen LogP contribution is 2.61. The molecule has 12 rings (SSSR count). The van der Waals surface area contributed by atoms with Gasteiger partial charge in [-0.25, -0.2) is 0 Å². The van der Waals surface area contributed by atoms with Crippen LogP contribution >= 0.6 is 0 Å². The van der Waals surface area contributed by atoms with Crippen LogP contribution in [0.2, 0.25) is 0 Å². The molecule has 12 aliphatic carbocycles. The monoisotopic (exact) mass is 979 g/mol. The number of hydroxylamine groups is 1. The van der Waals surface area contributed by atoms with Gasteiger partial charge in [0.25, 0.3) is 0 Å². The molecule has 0 bridgehead atoms. The summed E-state index contributed by atoms with van der Waals surface area (Å²) in [5.74, 6) is 12.1. The maximum atomic E-state index is 13.8. The van der Waals surface area contributed by atoms with Gasteiger partial charge in [0.1, 0.15) is 11.8 Å². The van der Waals surface area contributed by atoms with E-state index >= 15 is 0 Å². The maximum absolute atomic E-state index is 13.8. The standard InChI is InChI=1S/C62H102N6O3/c1-38-10-26-49(27-11-38)68(57-33-21-43-19-18-41-7-5-8-42-20-30-54(57)59(43)58(41)42)50-28-16-40(17-29-50)13-12-39-14-22-46(23-15-39)67-71-37-45-34-44-6-3-4-9-51(44)60(61(45)69)66-65-48-25-32-53-52-31-24-47(64-63-2)35-55(52)62(70)56(53)36-48/h38-61,67,69H,3-37H2,1-2H3. The van der Waals surface area contributed by atoms with Gasteiger partial charge in [0.15, 0.2) is 0 Å². The van der Waals surface area contributed by atoms with E-state index in [-0.39, 0.29) is 35.9 Å². The van der Waals surface area contributed by atoms with Gasteiger partial charge >= 0.3 is 0 Å². The number of hydrogen-bond donors (Lipinski definition) is 2. The first-order valence-corrected chi connectivity index (χ1v) is 31.9. The Bertz CT molecular complexity index is 1800. The molecule has 0 aromatic rings. The molecule has 12 saturated carbocycles. The number of azo groups is 2. The lowest BCUT2D eigenvalue weighted by molar-refractivity contribution is -0.125. The molecule has 0 aromatic heterocycles. The van der Waals surface area contributed by atoms with E-state index in [0.29, 0.717) is 42.1 Å². The van der Waals surface area contributed by atoms with Crippen LogP contribution in [0.3, 0.4) is 0 Å². The molecule has 18 unspecified atom stereocenters. The smallest absolute Gasteiger partial charge is 0.139 e. The summed E-state index contributed by atoms with van der Waals surface area (Å²) in [7, 11) is 1.76. The fourth-order valence-corrected chi connectivity index (χ4v) is 21.3. The van der Waals surface area contributed by atoms with Crippen molar-refractivity contribution in [2.75, 3.05) is 13.7 Å². The third-order valence-electron chi connectivity index (χ3n) is 24.8. The van der Waals surface area contributed by atoms with Crippen LogP contribution in [0, 0.1) is 94.7 Å². The van der Waals surface area contributed by atoms with E-state index in [1.807, 2.05) is 0 Å². The van der Waals surface area contributed by atoms with Gasteiger partial charge < -0.3 is 9.94 Å². The molecule has 398 valence electrons. The fraction of sp³-hybridized carbons (Fsp3) is 0.984. The molecule has 9 heteroatoms. The zero-order valence-electron chi connectivity index (χ0n) is 45.1. The highest BCUT2D eigenvalue weighted by molar-refractivity contribution is 5.86. The Kier molecular flexibility index (Phi) is 16.2. The summed E-state index contributed by atoms with van der Waals surface area (Å²) in [6.07, 6.45) is 45.3. The van der Waals surface area contributed by atoms with Gasteiger partial charge in [0.2, 0.25) is 0 Å². The average molecular weight is 980 g/mol. The van der Waals surface area contributed by atoms with Gasteiger partial charge in [0.05, 0.1) is 24.8 Å². The summed E-state index contributed by atoms with van der Waals surface area (Å²) in [5, 5.41) is 30.6. The van der Waals surface area contributed by atoms with E-state index < -0.39 is 6.10 Å². The minimum absolute atomic E-state index is 0.0883. The first-order chi connectivity index (χ1) is 34.9. The number of nitrogens with one attached hydrogen (secondary N) is 1.